The van der Waals surface area contributed by atoms with Crippen LogP contribution in [0, 0.1) is 0 Å². The molecule has 0 aliphatic heterocycles. The second kappa shape index (κ2) is 7.28. The minimum atomic E-state index is -3.23. The van der Waals surface area contributed by atoms with Crippen LogP contribution in [-0.4, -0.2) is 34.7 Å². The van der Waals surface area contributed by atoms with Crippen LogP contribution >= 0.6 is 0 Å². The molecule has 1 aliphatic carbocycles. The number of allylic oxidation sites excluding steroid dienone is 2. The summed E-state index contributed by atoms with van der Waals surface area (Å²) < 4.78 is 28.8. The molecule has 0 unspecified atom stereocenters. The van der Waals surface area contributed by atoms with Crippen molar-refractivity contribution in [2.75, 3.05) is 25.3 Å². The van der Waals surface area contributed by atoms with Gasteiger partial charge in [-0.2, -0.15) is 0 Å². The molecular formula is C22H23NO4S. The van der Waals surface area contributed by atoms with Gasteiger partial charge in [0.1, 0.15) is 5.76 Å². The molecule has 2 aromatic carbocycles. The number of rotatable bonds is 4. The van der Waals surface area contributed by atoms with E-state index in [2.05, 4.69) is 0 Å². The van der Waals surface area contributed by atoms with Crippen LogP contribution in [0.25, 0.3) is 17.4 Å². The van der Waals surface area contributed by atoms with E-state index >= 15 is 0 Å². The lowest BCUT2D eigenvalue weighted by molar-refractivity contribution is -0.134. The van der Waals surface area contributed by atoms with Crippen LogP contribution in [0.4, 0.5) is 5.69 Å². The number of sulfone groups is 1. The Bertz CT molecular complexity index is 1110. The van der Waals surface area contributed by atoms with Crippen LogP contribution in [0.15, 0.2) is 52.9 Å². The zero-order chi connectivity index (χ0) is 20.6. The molecule has 0 amide bonds. The lowest BCUT2D eigenvalue weighted by Crippen LogP contribution is -2.09. The van der Waals surface area contributed by atoms with E-state index in [1.807, 2.05) is 50.2 Å². The first-order valence-electron chi connectivity index (χ1n) is 8.81. The van der Waals surface area contributed by atoms with Gasteiger partial charge < -0.3 is 9.64 Å². The smallest absolute Gasteiger partial charge is 0.308 e. The van der Waals surface area contributed by atoms with E-state index in [1.54, 1.807) is 24.3 Å². The summed E-state index contributed by atoms with van der Waals surface area (Å²) in [7, 11) is 0.681. The largest absolute Gasteiger partial charge is 0.426 e. The summed E-state index contributed by atoms with van der Waals surface area (Å²) >= 11 is 0. The van der Waals surface area contributed by atoms with Crippen molar-refractivity contribution in [1.29, 1.82) is 0 Å². The molecule has 5 nitrogen and oxygen atoms in total. The van der Waals surface area contributed by atoms with Crippen molar-refractivity contribution >= 4 is 38.9 Å². The van der Waals surface area contributed by atoms with E-state index in [-0.39, 0.29) is 10.9 Å². The lowest BCUT2D eigenvalue weighted by atomic mass is 10.00. The van der Waals surface area contributed by atoms with Crippen molar-refractivity contribution in [3.63, 3.8) is 0 Å². The normalized spacial score (nSPS) is 15.0. The first-order chi connectivity index (χ1) is 13.1. The Labute approximate surface area is 165 Å². The van der Waals surface area contributed by atoms with Gasteiger partial charge in [-0.1, -0.05) is 18.2 Å². The monoisotopic (exact) mass is 397 g/mol. The molecule has 0 fully saturated rings. The number of benzene rings is 2. The summed E-state index contributed by atoms with van der Waals surface area (Å²) in [6.45, 7) is 3.31. The summed E-state index contributed by atoms with van der Waals surface area (Å²) in [5.41, 5.74) is 5.55. The second-order valence-electron chi connectivity index (χ2n) is 7.07. The molecule has 146 valence electrons. The number of anilines is 1. The van der Waals surface area contributed by atoms with E-state index in [9.17, 15) is 13.2 Å². The Morgan fingerprint density at radius 1 is 1.04 bits per heavy atom. The topological polar surface area (TPSA) is 63.7 Å². The molecule has 0 radical (unpaired) electrons. The molecule has 1 aliphatic rings. The van der Waals surface area contributed by atoms with Crippen LogP contribution in [0.3, 0.4) is 0 Å². The van der Waals surface area contributed by atoms with Crippen molar-refractivity contribution in [2.24, 2.45) is 0 Å². The molecule has 0 spiro atoms. The van der Waals surface area contributed by atoms with E-state index in [1.165, 1.54) is 13.2 Å². The maximum absolute atomic E-state index is 11.7. The van der Waals surface area contributed by atoms with Gasteiger partial charge in [0.25, 0.3) is 0 Å². The van der Waals surface area contributed by atoms with E-state index in [0.29, 0.717) is 5.76 Å². The zero-order valence-corrected chi connectivity index (χ0v) is 17.4. The van der Waals surface area contributed by atoms with Crippen LogP contribution in [0.1, 0.15) is 30.5 Å². The van der Waals surface area contributed by atoms with Crippen LogP contribution in [-0.2, 0) is 19.4 Å². The number of fused-ring (bicyclic) bond motifs is 1. The molecule has 0 atom stereocenters. The third-order valence-electron chi connectivity index (χ3n) is 4.66. The van der Waals surface area contributed by atoms with Gasteiger partial charge in [-0.3, -0.25) is 4.79 Å². The zero-order valence-electron chi connectivity index (χ0n) is 16.6. The SMILES string of the molecule is CC(=O)OC1=C(C)C(=Cc2ccc(S(C)(=O)=O)cc2)c2ccc(N(C)C)cc21. The van der Waals surface area contributed by atoms with E-state index in [4.69, 9.17) is 4.74 Å². The van der Waals surface area contributed by atoms with E-state index < -0.39 is 9.84 Å². The summed E-state index contributed by atoms with van der Waals surface area (Å²) in [6.07, 6.45) is 3.17. The van der Waals surface area contributed by atoms with Gasteiger partial charge >= 0.3 is 5.97 Å². The average Bonchev–Trinajstić information content (AvgIpc) is 2.86. The highest BCUT2D eigenvalue weighted by molar-refractivity contribution is 7.90. The van der Waals surface area contributed by atoms with Crippen molar-refractivity contribution in [3.8, 4) is 0 Å². The lowest BCUT2D eigenvalue weighted by Gasteiger charge is -2.15. The van der Waals surface area contributed by atoms with Crippen LogP contribution < -0.4 is 4.90 Å². The average molecular weight is 397 g/mol. The van der Waals surface area contributed by atoms with Crippen LogP contribution in [0.5, 0.6) is 0 Å². The van der Waals surface area contributed by atoms with Gasteiger partial charge in [0.05, 0.1) is 4.90 Å². The van der Waals surface area contributed by atoms with Gasteiger partial charge in [-0.15, -0.1) is 0 Å². The number of carbonyl (C=O) groups excluding carboxylic acids is 1. The molecule has 6 heteroatoms. The first-order valence-corrected chi connectivity index (χ1v) is 10.7. The number of hydrogen-bond donors (Lipinski definition) is 0. The molecule has 2 aromatic rings. The summed E-state index contributed by atoms with van der Waals surface area (Å²) in [6, 6.07) is 12.8. The second-order valence-corrected chi connectivity index (χ2v) is 9.09. The number of hydrogen-bond acceptors (Lipinski definition) is 5. The fourth-order valence-corrected chi connectivity index (χ4v) is 3.83. The standard InChI is InChI=1S/C22H23NO4S/c1-14-20(12-16-6-9-18(10-7-16)28(5,25)26)19-11-8-17(23(3)4)13-21(19)22(14)27-15(2)24/h6-13H,1-5H3. The fourth-order valence-electron chi connectivity index (χ4n) is 3.20. The Hall–Kier alpha value is -2.86. The number of esters is 1. The van der Waals surface area contributed by atoms with Crippen molar-refractivity contribution in [3.05, 3.63) is 64.7 Å². The van der Waals surface area contributed by atoms with Gasteiger partial charge in [-0.25, -0.2) is 8.42 Å². The maximum Gasteiger partial charge on any atom is 0.308 e. The highest BCUT2D eigenvalue weighted by Crippen LogP contribution is 2.44. The molecule has 3 rings (SSSR count). The Balaban J connectivity index is 2.12. The predicted octanol–water partition coefficient (Wildman–Crippen LogP) is 4.00. The Morgan fingerprint density at radius 3 is 2.21 bits per heavy atom. The van der Waals surface area contributed by atoms with Crippen molar-refractivity contribution in [1.82, 2.24) is 0 Å². The molecule has 0 saturated heterocycles. The van der Waals surface area contributed by atoms with E-state index in [0.717, 1.165) is 33.5 Å². The third-order valence-corrected chi connectivity index (χ3v) is 5.79. The van der Waals surface area contributed by atoms with Gasteiger partial charge in [0.15, 0.2) is 9.84 Å². The molecule has 0 bridgehead atoms. The third kappa shape index (κ3) is 3.87. The number of ether oxygens (including phenoxy) is 1. The first kappa shape index (κ1) is 19.9. The fraction of sp³-hybridized carbons (Fsp3) is 0.227. The van der Waals surface area contributed by atoms with Gasteiger partial charge in [0, 0.05) is 44.1 Å². The molecule has 0 saturated carbocycles. The van der Waals surface area contributed by atoms with Crippen molar-refractivity contribution < 1.29 is 17.9 Å². The summed E-state index contributed by atoms with van der Waals surface area (Å²) in [5.74, 6) is 0.194. The maximum atomic E-state index is 11.7. The van der Waals surface area contributed by atoms with Crippen LogP contribution in [0.2, 0.25) is 0 Å². The Kier molecular flexibility index (Phi) is 5.17. The predicted molar refractivity (Wildman–Crippen MR) is 113 cm³/mol. The summed E-state index contributed by atoms with van der Waals surface area (Å²) in [5, 5.41) is 0. The van der Waals surface area contributed by atoms with Gasteiger partial charge in [0.2, 0.25) is 0 Å². The quantitative estimate of drug-likeness (QED) is 0.730. The highest BCUT2D eigenvalue weighted by atomic mass is 32.2. The summed E-state index contributed by atoms with van der Waals surface area (Å²) in [4.78, 5) is 13.9. The molecular weight excluding hydrogens is 374 g/mol. The molecule has 0 aromatic heterocycles. The van der Waals surface area contributed by atoms with Crippen molar-refractivity contribution in [2.45, 2.75) is 18.7 Å². The minimum Gasteiger partial charge on any atom is -0.426 e. The Morgan fingerprint density at radius 2 is 1.68 bits per heavy atom. The molecule has 0 heterocycles. The highest BCUT2D eigenvalue weighted by Gasteiger charge is 2.27. The van der Waals surface area contributed by atoms with Gasteiger partial charge in [-0.05, 0) is 54.0 Å². The molecule has 28 heavy (non-hydrogen) atoms. The number of carbonyl (C=O) groups is 1. The number of nitrogens with zero attached hydrogens (tertiary/aromatic N) is 1. The molecule has 0 N–H and O–H groups in total. The minimum absolute atomic E-state index is 0.282.